The fraction of sp³-hybridized carbons (Fsp3) is 0.615. The van der Waals surface area contributed by atoms with Gasteiger partial charge in [-0.3, -0.25) is 4.98 Å². The third-order valence-electron chi connectivity index (χ3n) is 3.51. The molecule has 0 spiro atoms. The Morgan fingerprint density at radius 3 is 2.94 bits per heavy atom. The summed E-state index contributed by atoms with van der Waals surface area (Å²) in [6.07, 6.45) is 2.56. The number of aliphatic hydroxyl groups excluding tert-OH is 1. The number of hydrogen-bond donors (Lipinski definition) is 3. The summed E-state index contributed by atoms with van der Waals surface area (Å²) in [6, 6.07) is 0. The Morgan fingerprint density at radius 1 is 1.56 bits per heavy atom. The minimum absolute atomic E-state index is 0.0592. The molecule has 0 aliphatic carbocycles. The number of hydrogen-bond acceptors (Lipinski definition) is 5. The van der Waals surface area contributed by atoms with Gasteiger partial charge < -0.3 is 20.3 Å². The van der Waals surface area contributed by atoms with Crippen molar-refractivity contribution in [1.82, 2.24) is 10.3 Å². The SMILES string of the molecule is Cc1ncc(CO)c(CNC2(C)CCOC2)c1O. The van der Waals surface area contributed by atoms with Gasteiger partial charge in [0.25, 0.3) is 0 Å². The van der Waals surface area contributed by atoms with Crippen LogP contribution in [0.1, 0.15) is 30.2 Å². The Hall–Kier alpha value is -1.17. The zero-order valence-electron chi connectivity index (χ0n) is 10.9. The van der Waals surface area contributed by atoms with Crippen LogP contribution in [0.4, 0.5) is 0 Å². The van der Waals surface area contributed by atoms with Gasteiger partial charge in [-0.1, -0.05) is 0 Å². The number of nitrogens with one attached hydrogen (secondary N) is 1. The fourth-order valence-corrected chi connectivity index (χ4v) is 2.13. The summed E-state index contributed by atoms with van der Waals surface area (Å²) in [4.78, 5) is 4.04. The summed E-state index contributed by atoms with van der Waals surface area (Å²) in [6.45, 7) is 5.67. The molecule has 3 N–H and O–H groups in total. The van der Waals surface area contributed by atoms with Gasteiger partial charge in [-0.2, -0.15) is 0 Å². The lowest BCUT2D eigenvalue weighted by Crippen LogP contribution is -2.42. The number of aliphatic hydroxyl groups is 1. The number of aromatic hydroxyl groups is 1. The standard InChI is InChI=1S/C13H20N2O3/c1-9-12(17)11(10(7-16)5-14-9)6-15-13(2)3-4-18-8-13/h5,15-17H,3-4,6-8H2,1-2H3. The smallest absolute Gasteiger partial charge is 0.141 e. The van der Waals surface area contributed by atoms with Gasteiger partial charge in [-0.05, 0) is 20.3 Å². The Bertz CT molecular complexity index is 428. The molecule has 0 aromatic carbocycles. The lowest BCUT2D eigenvalue weighted by atomic mass is 10.0. The van der Waals surface area contributed by atoms with Gasteiger partial charge >= 0.3 is 0 Å². The quantitative estimate of drug-likeness (QED) is 0.741. The van der Waals surface area contributed by atoms with Crippen LogP contribution in [0.5, 0.6) is 5.75 Å². The van der Waals surface area contributed by atoms with Crippen LogP contribution in [0.15, 0.2) is 6.20 Å². The number of pyridine rings is 1. The molecule has 18 heavy (non-hydrogen) atoms. The number of nitrogens with zero attached hydrogens (tertiary/aromatic N) is 1. The maximum atomic E-state index is 10.0. The molecule has 100 valence electrons. The molecule has 1 saturated heterocycles. The van der Waals surface area contributed by atoms with E-state index >= 15 is 0 Å². The predicted molar refractivity (Wildman–Crippen MR) is 67.2 cm³/mol. The van der Waals surface area contributed by atoms with Gasteiger partial charge in [-0.15, -0.1) is 0 Å². The number of rotatable bonds is 4. The van der Waals surface area contributed by atoms with Gasteiger partial charge in [-0.25, -0.2) is 0 Å². The first-order valence-corrected chi connectivity index (χ1v) is 6.16. The average Bonchev–Trinajstić information content (AvgIpc) is 2.78. The fourth-order valence-electron chi connectivity index (χ4n) is 2.13. The van der Waals surface area contributed by atoms with Crippen LogP contribution < -0.4 is 5.32 Å². The van der Waals surface area contributed by atoms with Gasteiger partial charge in [0.2, 0.25) is 0 Å². The maximum absolute atomic E-state index is 10.0. The largest absolute Gasteiger partial charge is 0.506 e. The van der Waals surface area contributed by atoms with E-state index in [0.29, 0.717) is 24.4 Å². The summed E-state index contributed by atoms with van der Waals surface area (Å²) in [7, 11) is 0. The third-order valence-corrected chi connectivity index (χ3v) is 3.51. The van der Waals surface area contributed by atoms with Gasteiger partial charge in [0.15, 0.2) is 0 Å². The molecule has 0 amide bonds. The van der Waals surface area contributed by atoms with E-state index in [4.69, 9.17) is 4.74 Å². The van der Waals surface area contributed by atoms with Gasteiger partial charge in [0.1, 0.15) is 5.75 Å². The van der Waals surface area contributed by atoms with E-state index in [-0.39, 0.29) is 17.9 Å². The number of aryl methyl sites for hydroxylation is 1. The molecule has 1 aromatic heterocycles. The van der Waals surface area contributed by atoms with Crippen molar-refractivity contribution in [2.24, 2.45) is 0 Å². The van der Waals surface area contributed by atoms with E-state index in [9.17, 15) is 10.2 Å². The molecule has 2 rings (SSSR count). The van der Waals surface area contributed by atoms with Crippen molar-refractivity contribution in [3.05, 3.63) is 23.0 Å². The molecule has 0 bridgehead atoms. The van der Waals surface area contributed by atoms with Crippen molar-refractivity contribution in [3.63, 3.8) is 0 Å². The van der Waals surface area contributed by atoms with Crippen LogP contribution in [0.2, 0.25) is 0 Å². The molecule has 1 unspecified atom stereocenters. The molecule has 1 aromatic rings. The number of ether oxygens (including phenoxy) is 1. The van der Waals surface area contributed by atoms with E-state index in [1.54, 1.807) is 13.1 Å². The van der Waals surface area contributed by atoms with E-state index in [2.05, 4.69) is 17.2 Å². The average molecular weight is 252 g/mol. The van der Waals surface area contributed by atoms with Crippen molar-refractivity contribution in [3.8, 4) is 5.75 Å². The molecule has 1 aliphatic heterocycles. The monoisotopic (exact) mass is 252 g/mol. The molecule has 1 aliphatic rings. The zero-order valence-corrected chi connectivity index (χ0v) is 10.9. The van der Waals surface area contributed by atoms with E-state index in [1.807, 2.05) is 0 Å². The van der Waals surface area contributed by atoms with Crippen LogP contribution in [0.25, 0.3) is 0 Å². The minimum Gasteiger partial charge on any atom is -0.506 e. The molecule has 5 nitrogen and oxygen atoms in total. The highest BCUT2D eigenvalue weighted by Gasteiger charge is 2.29. The van der Waals surface area contributed by atoms with Crippen molar-refractivity contribution in [2.45, 2.75) is 39.0 Å². The topological polar surface area (TPSA) is 74.6 Å². The molecule has 0 radical (unpaired) electrons. The van der Waals surface area contributed by atoms with Crippen LogP contribution in [0.3, 0.4) is 0 Å². The summed E-state index contributed by atoms with van der Waals surface area (Å²) in [5.41, 5.74) is 1.90. The molecule has 2 heterocycles. The van der Waals surface area contributed by atoms with Crippen LogP contribution in [-0.4, -0.2) is 33.9 Å². The minimum atomic E-state index is -0.120. The predicted octanol–water partition coefficient (Wildman–Crippen LogP) is 0.857. The molecule has 5 heteroatoms. The van der Waals surface area contributed by atoms with Crippen LogP contribution >= 0.6 is 0 Å². The molecule has 0 saturated carbocycles. The Balaban J connectivity index is 2.15. The first-order chi connectivity index (χ1) is 8.56. The van der Waals surface area contributed by atoms with Crippen molar-refractivity contribution < 1.29 is 14.9 Å². The van der Waals surface area contributed by atoms with Gasteiger partial charge in [0, 0.05) is 36.0 Å². The normalized spacial score (nSPS) is 23.5. The lowest BCUT2D eigenvalue weighted by molar-refractivity contribution is 0.171. The molecular formula is C13H20N2O3. The highest BCUT2D eigenvalue weighted by Crippen LogP contribution is 2.25. The maximum Gasteiger partial charge on any atom is 0.141 e. The second-order valence-electron chi connectivity index (χ2n) is 5.07. The summed E-state index contributed by atoms with van der Waals surface area (Å²) in [5.74, 6) is 0.163. The highest BCUT2D eigenvalue weighted by molar-refractivity contribution is 5.40. The van der Waals surface area contributed by atoms with E-state index < -0.39 is 0 Å². The lowest BCUT2D eigenvalue weighted by Gasteiger charge is -2.24. The first-order valence-electron chi connectivity index (χ1n) is 6.16. The van der Waals surface area contributed by atoms with E-state index in [0.717, 1.165) is 18.6 Å². The van der Waals surface area contributed by atoms with Crippen molar-refractivity contribution in [2.75, 3.05) is 13.2 Å². The second kappa shape index (κ2) is 5.22. The Kier molecular flexibility index (Phi) is 3.85. The Morgan fingerprint density at radius 2 is 2.33 bits per heavy atom. The summed E-state index contributed by atoms with van der Waals surface area (Å²) in [5, 5.41) is 22.7. The molecule has 1 atom stereocenters. The Labute approximate surface area is 107 Å². The third kappa shape index (κ3) is 2.63. The van der Waals surface area contributed by atoms with Crippen molar-refractivity contribution >= 4 is 0 Å². The van der Waals surface area contributed by atoms with E-state index in [1.165, 1.54) is 0 Å². The first kappa shape index (κ1) is 13.3. The highest BCUT2D eigenvalue weighted by atomic mass is 16.5. The van der Waals surface area contributed by atoms with Crippen LogP contribution in [0, 0.1) is 6.92 Å². The zero-order chi connectivity index (χ0) is 13.2. The molecular weight excluding hydrogens is 232 g/mol. The molecule has 1 fully saturated rings. The van der Waals surface area contributed by atoms with Crippen molar-refractivity contribution in [1.29, 1.82) is 0 Å². The second-order valence-corrected chi connectivity index (χ2v) is 5.07. The summed E-state index contributed by atoms with van der Waals surface area (Å²) >= 11 is 0. The van der Waals surface area contributed by atoms with Crippen LogP contribution in [-0.2, 0) is 17.9 Å². The summed E-state index contributed by atoms with van der Waals surface area (Å²) < 4.78 is 5.37. The number of aromatic nitrogens is 1. The van der Waals surface area contributed by atoms with Gasteiger partial charge in [0.05, 0.1) is 18.9 Å².